The molecule has 8 nitrogen and oxygen atoms in total. The first-order chi connectivity index (χ1) is 13.0. The van der Waals surface area contributed by atoms with Gasteiger partial charge in [-0.15, -0.1) is 29.9 Å². The second-order valence-electron chi connectivity index (χ2n) is 7.08. The maximum atomic E-state index is 12.6. The Hall–Kier alpha value is -1.87. The second kappa shape index (κ2) is 12.0. The third kappa shape index (κ3) is 6.85. The van der Waals surface area contributed by atoms with Gasteiger partial charge in [0.15, 0.2) is 5.69 Å². The van der Waals surface area contributed by atoms with Gasteiger partial charge in [-0.2, -0.15) is 0 Å². The Kier molecular flexibility index (Phi) is 10.4. The van der Waals surface area contributed by atoms with Crippen LogP contribution in [0.3, 0.4) is 0 Å². The number of nitrogens with one attached hydrogen (secondary N) is 2. The van der Waals surface area contributed by atoms with E-state index in [0.29, 0.717) is 24.0 Å². The summed E-state index contributed by atoms with van der Waals surface area (Å²) in [6, 6.07) is 7.66. The van der Waals surface area contributed by atoms with Gasteiger partial charge in [-0.1, -0.05) is 5.21 Å². The Labute approximate surface area is 184 Å². The highest BCUT2D eigenvalue weighted by Crippen LogP contribution is 2.21. The van der Waals surface area contributed by atoms with Crippen molar-refractivity contribution >= 4 is 36.4 Å². The van der Waals surface area contributed by atoms with Crippen LogP contribution in [0.1, 0.15) is 35.1 Å². The molecule has 0 aliphatic carbocycles. The first-order valence-corrected chi connectivity index (χ1v) is 9.36. The highest BCUT2D eigenvalue weighted by molar-refractivity contribution is 6.03. The van der Waals surface area contributed by atoms with Crippen molar-refractivity contribution in [3.05, 3.63) is 35.7 Å². The topological polar surface area (TPSA) is 84.3 Å². The van der Waals surface area contributed by atoms with Crippen molar-refractivity contribution in [1.29, 1.82) is 0 Å². The normalized spacial score (nSPS) is 14.1. The molecule has 0 saturated carbocycles. The fraction of sp³-hybridized carbons (Fsp3) is 0.526. The molecule has 0 spiro atoms. The van der Waals surface area contributed by atoms with Crippen molar-refractivity contribution in [3.8, 4) is 5.75 Å². The zero-order chi connectivity index (χ0) is 19.2. The molecule has 2 aromatic rings. The number of anilines is 1. The van der Waals surface area contributed by atoms with Crippen LogP contribution in [0.4, 0.5) is 5.69 Å². The number of halogens is 2. The van der Waals surface area contributed by atoms with Crippen molar-refractivity contribution in [2.45, 2.75) is 25.8 Å². The maximum Gasteiger partial charge on any atom is 0.278 e. The lowest BCUT2D eigenvalue weighted by Crippen LogP contribution is -2.30. The Bertz CT molecular complexity index is 761. The summed E-state index contributed by atoms with van der Waals surface area (Å²) < 4.78 is 7.55. The van der Waals surface area contributed by atoms with Crippen molar-refractivity contribution in [2.24, 2.45) is 0 Å². The van der Waals surface area contributed by atoms with Crippen LogP contribution < -0.4 is 15.4 Å². The largest absolute Gasteiger partial charge is 0.492 e. The summed E-state index contributed by atoms with van der Waals surface area (Å²) in [6.45, 7) is 5.31. The van der Waals surface area contributed by atoms with Crippen molar-refractivity contribution < 1.29 is 9.53 Å². The molecular weight excluding hydrogens is 415 g/mol. The van der Waals surface area contributed by atoms with Gasteiger partial charge in [0.1, 0.15) is 12.4 Å². The lowest BCUT2D eigenvalue weighted by molar-refractivity contribution is 0.102. The summed E-state index contributed by atoms with van der Waals surface area (Å²) >= 11 is 0. The molecule has 2 heterocycles. The van der Waals surface area contributed by atoms with E-state index >= 15 is 0 Å². The van der Waals surface area contributed by atoms with Gasteiger partial charge in [0, 0.05) is 12.2 Å². The van der Waals surface area contributed by atoms with Crippen LogP contribution in [0.2, 0.25) is 0 Å². The van der Waals surface area contributed by atoms with Crippen LogP contribution in [0, 0.1) is 6.92 Å². The van der Waals surface area contributed by atoms with Crippen LogP contribution in [-0.2, 0) is 0 Å². The van der Waals surface area contributed by atoms with Crippen LogP contribution in [0.15, 0.2) is 24.3 Å². The number of carbonyl (C=O) groups excluding carboxylic acids is 1. The predicted octanol–water partition coefficient (Wildman–Crippen LogP) is 2.55. The molecule has 10 heteroatoms. The number of amides is 1. The number of aromatic nitrogens is 3. The molecule has 3 rings (SSSR count). The maximum absolute atomic E-state index is 12.6. The van der Waals surface area contributed by atoms with Gasteiger partial charge in [-0.05, 0) is 71.2 Å². The minimum atomic E-state index is -0.242. The molecule has 1 aromatic heterocycles. The van der Waals surface area contributed by atoms with E-state index in [1.807, 2.05) is 50.0 Å². The lowest BCUT2D eigenvalue weighted by atomic mass is 10.1. The number of likely N-dealkylation sites (N-methyl/N-ethyl adjacent to an activating group) is 1. The van der Waals surface area contributed by atoms with Crippen LogP contribution >= 0.6 is 24.8 Å². The second-order valence-corrected chi connectivity index (χ2v) is 7.08. The average Bonchev–Trinajstić information content (AvgIpc) is 3.05. The minimum Gasteiger partial charge on any atom is -0.492 e. The summed E-state index contributed by atoms with van der Waals surface area (Å²) in [5, 5.41) is 14.6. The van der Waals surface area contributed by atoms with Crippen molar-refractivity contribution in [2.75, 3.05) is 45.7 Å². The Morgan fingerprint density at radius 1 is 1.24 bits per heavy atom. The molecule has 0 radical (unpaired) electrons. The highest BCUT2D eigenvalue weighted by Gasteiger charge is 2.22. The molecule has 1 aliphatic heterocycles. The van der Waals surface area contributed by atoms with Crippen LogP contribution in [0.25, 0.3) is 0 Å². The van der Waals surface area contributed by atoms with Crippen LogP contribution in [-0.4, -0.2) is 66.1 Å². The van der Waals surface area contributed by atoms with Crippen molar-refractivity contribution in [1.82, 2.24) is 25.2 Å². The number of rotatable bonds is 7. The third-order valence-corrected chi connectivity index (χ3v) is 4.72. The Morgan fingerprint density at radius 2 is 1.90 bits per heavy atom. The molecule has 162 valence electrons. The van der Waals surface area contributed by atoms with E-state index in [0.717, 1.165) is 43.9 Å². The summed E-state index contributed by atoms with van der Waals surface area (Å²) in [4.78, 5) is 14.7. The lowest BCUT2D eigenvalue weighted by Gasteiger charge is -2.23. The molecule has 1 saturated heterocycles. The van der Waals surface area contributed by atoms with Crippen molar-refractivity contribution in [3.63, 3.8) is 0 Å². The number of benzene rings is 1. The van der Waals surface area contributed by atoms with Crippen LogP contribution in [0.5, 0.6) is 5.75 Å². The van der Waals surface area contributed by atoms with E-state index in [-0.39, 0.29) is 30.7 Å². The molecule has 0 atom stereocenters. The first-order valence-electron chi connectivity index (χ1n) is 9.36. The third-order valence-electron chi connectivity index (χ3n) is 4.72. The minimum absolute atomic E-state index is 0. The van der Waals surface area contributed by atoms with E-state index in [2.05, 4.69) is 25.8 Å². The number of piperidine rings is 1. The molecule has 1 fully saturated rings. The number of carbonyl (C=O) groups is 1. The predicted molar refractivity (Wildman–Crippen MR) is 119 cm³/mol. The van der Waals surface area contributed by atoms with Gasteiger partial charge in [-0.3, -0.25) is 4.79 Å². The van der Waals surface area contributed by atoms with E-state index in [9.17, 15) is 4.79 Å². The standard InChI is InChI=1S/C19H28N6O2.2ClH/c1-14-18(22-23-25(14)16-8-10-20-11-9-16)19(26)21-15-4-6-17(7-5-15)27-13-12-24(2)3;;/h4-7,16,20H,8-13H2,1-3H3,(H,21,26);2*1H. The van der Waals surface area contributed by atoms with Gasteiger partial charge in [0.25, 0.3) is 5.91 Å². The van der Waals surface area contributed by atoms with Gasteiger partial charge in [-0.25, -0.2) is 4.68 Å². The molecule has 1 aliphatic rings. The Morgan fingerprint density at radius 3 is 2.52 bits per heavy atom. The molecule has 1 aromatic carbocycles. The summed E-state index contributed by atoms with van der Waals surface area (Å²) in [7, 11) is 4.01. The van der Waals surface area contributed by atoms with E-state index < -0.39 is 0 Å². The zero-order valence-electron chi connectivity index (χ0n) is 17.1. The molecule has 0 unspecified atom stereocenters. The Balaban J connectivity index is 0.00000210. The summed E-state index contributed by atoms with van der Waals surface area (Å²) in [5.41, 5.74) is 1.89. The first kappa shape index (κ1) is 25.2. The monoisotopic (exact) mass is 444 g/mol. The average molecular weight is 445 g/mol. The van der Waals surface area contributed by atoms with Gasteiger partial charge in [0.2, 0.25) is 0 Å². The smallest absolute Gasteiger partial charge is 0.278 e. The summed E-state index contributed by atoms with van der Waals surface area (Å²) in [6.07, 6.45) is 2.00. The van der Waals surface area contributed by atoms with E-state index in [4.69, 9.17) is 4.74 Å². The SMILES string of the molecule is Cc1c(C(=O)Nc2ccc(OCCN(C)C)cc2)nnn1C1CCNCC1.Cl.Cl. The highest BCUT2D eigenvalue weighted by atomic mass is 35.5. The van der Waals surface area contributed by atoms with E-state index in [1.54, 1.807) is 0 Å². The summed E-state index contributed by atoms with van der Waals surface area (Å²) in [5.74, 6) is 0.539. The van der Waals surface area contributed by atoms with Gasteiger partial charge >= 0.3 is 0 Å². The van der Waals surface area contributed by atoms with Gasteiger partial charge < -0.3 is 20.3 Å². The molecule has 0 bridgehead atoms. The fourth-order valence-electron chi connectivity index (χ4n) is 3.12. The molecule has 29 heavy (non-hydrogen) atoms. The zero-order valence-corrected chi connectivity index (χ0v) is 18.7. The fourth-order valence-corrected chi connectivity index (χ4v) is 3.12. The number of nitrogens with zero attached hydrogens (tertiary/aromatic N) is 4. The quantitative estimate of drug-likeness (QED) is 0.682. The molecular formula is C19H30Cl2N6O2. The van der Waals surface area contributed by atoms with Gasteiger partial charge in [0.05, 0.1) is 11.7 Å². The number of hydrogen-bond acceptors (Lipinski definition) is 6. The number of ether oxygens (including phenoxy) is 1. The number of hydrogen-bond donors (Lipinski definition) is 2. The van der Waals surface area contributed by atoms with E-state index in [1.165, 1.54) is 0 Å². The molecule has 2 N–H and O–H groups in total. The molecule has 1 amide bonds.